The lowest BCUT2D eigenvalue weighted by Crippen LogP contribution is -2.59. The van der Waals surface area contributed by atoms with E-state index in [0.717, 1.165) is 18.2 Å². The van der Waals surface area contributed by atoms with Crippen molar-refractivity contribution in [2.24, 2.45) is 0 Å². The van der Waals surface area contributed by atoms with Crippen molar-refractivity contribution < 1.29 is 31.9 Å². The first-order chi connectivity index (χ1) is 18.5. The Hall–Kier alpha value is -3.53. The summed E-state index contributed by atoms with van der Waals surface area (Å²) in [6.07, 6.45) is -0.316. The van der Waals surface area contributed by atoms with Crippen molar-refractivity contribution in [2.45, 2.75) is 24.7 Å². The van der Waals surface area contributed by atoms with Gasteiger partial charge in [0.25, 0.3) is 5.91 Å². The van der Waals surface area contributed by atoms with Crippen LogP contribution in [0.1, 0.15) is 28.0 Å². The highest BCUT2D eigenvalue weighted by Crippen LogP contribution is 2.37. The lowest BCUT2D eigenvalue weighted by Gasteiger charge is -2.27. The zero-order chi connectivity index (χ0) is 28.2. The smallest absolute Gasteiger partial charge is 0.387 e. The molecular weight excluding hydrogens is 635 g/mol. The van der Waals surface area contributed by atoms with Gasteiger partial charge >= 0.3 is 6.18 Å². The molecular formula is C25H23F4IN6O3. The van der Waals surface area contributed by atoms with Crippen LogP contribution in [0.5, 0.6) is 0 Å². The number of nitrogens with zero attached hydrogens (tertiary/aromatic N) is 2. The number of benzene rings is 1. The van der Waals surface area contributed by atoms with E-state index in [1.54, 1.807) is 19.3 Å². The molecule has 1 atom stereocenters. The number of pyridine rings is 2. The summed E-state index contributed by atoms with van der Waals surface area (Å²) in [4.78, 5) is 34.3. The van der Waals surface area contributed by atoms with Gasteiger partial charge < -0.3 is 26.0 Å². The zero-order valence-corrected chi connectivity index (χ0v) is 22.6. The van der Waals surface area contributed by atoms with E-state index in [-0.39, 0.29) is 37.4 Å². The van der Waals surface area contributed by atoms with Crippen LogP contribution in [0.4, 0.5) is 34.6 Å². The van der Waals surface area contributed by atoms with Crippen LogP contribution in [-0.4, -0.2) is 47.6 Å². The van der Waals surface area contributed by atoms with Crippen LogP contribution in [0.25, 0.3) is 0 Å². The number of anilines is 3. The Kier molecular flexibility index (Phi) is 8.54. The molecule has 0 radical (unpaired) electrons. The normalized spacial score (nSPS) is 17.0. The minimum absolute atomic E-state index is 0.0265. The average Bonchev–Trinajstić information content (AvgIpc) is 3.38. The second-order valence-electron chi connectivity index (χ2n) is 8.67. The van der Waals surface area contributed by atoms with Gasteiger partial charge in [-0.1, -0.05) is 6.07 Å². The van der Waals surface area contributed by atoms with E-state index < -0.39 is 40.6 Å². The van der Waals surface area contributed by atoms with E-state index in [1.165, 1.54) is 18.5 Å². The highest BCUT2D eigenvalue weighted by Gasteiger charge is 2.44. The van der Waals surface area contributed by atoms with Crippen LogP contribution in [0.2, 0.25) is 0 Å². The van der Waals surface area contributed by atoms with Crippen molar-refractivity contribution in [3.63, 3.8) is 0 Å². The second kappa shape index (κ2) is 11.7. The predicted molar refractivity (Wildman–Crippen MR) is 143 cm³/mol. The number of ether oxygens (including phenoxy) is 1. The van der Waals surface area contributed by atoms with E-state index in [1.807, 2.05) is 22.6 Å². The van der Waals surface area contributed by atoms with Crippen molar-refractivity contribution in [2.75, 3.05) is 30.9 Å². The molecule has 39 heavy (non-hydrogen) atoms. The number of para-hydroxylation sites is 1. The summed E-state index contributed by atoms with van der Waals surface area (Å²) < 4.78 is 60.1. The highest BCUT2D eigenvalue weighted by atomic mass is 127. The van der Waals surface area contributed by atoms with E-state index in [4.69, 9.17) is 4.74 Å². The molecule has 206 valence electrons. The van der Waals surface area contributed by atoms with Gasteiger partial charge in [0.05, 0.1) is 53.2 Å². The second-order valence-corrected chi connectivity index (χ2v) is 9.83. The predicted octanol–water partition coefficient (Wildman–Crippen LogP) is 4.23. The molecule has 0 bridgehead atoms. The number of rotatable bonds is 8. The molecule has 2 aromatic heterocycles. The van der Waals surface area contributed by atoms with E-state index in [9.17, 15) is 27.2 Å². The Labute approximate surface area is 234 Å². The van der Waals surface area contributed by atoms with Gasteiger partial charge in [-0.15, -0.1) is 0 Å². The molecule has 2 amide bonds. The van der Waals surface area contributed by atoms with Crippen LogP contribution in [0.3, 0.4) is 0 Å². The maximum Gasteiger partial charge on any atom is 0.418 e. The van der Waals surface area contributed by atoms with Gasteiger partial charge in [-0.3, -0.25) is 19.6 Å². The molecule has 14 heteroatoms. The number of hydrogen-bond acceptors (Lipinski definition) is 7. The van der Waals surface area contributed by atoms with Crippen molar-refractivity contribution in [3.8, 4) is 0 Å². The summed E-state index contributed by atoms with van der Waals surface area (Å²) in [5.41, 5.74) is -1.71. The van der Waals surface area contributed by atoms with Crippen LogP contribution in [0.15, 0.2) is 48.9 Å². The SMILES string of the molecule is CNc1cncc(C(=O)N[C@@]2(C(=O)NCc3ncc(Nc4c(F)cccc4C(F)(F)F)cc3I)CCOC2)c1. The number of nitrogens with one attached hydrogen (secondary N) is 4. The Morgan fingerprint density at radius 3 is 2.62 bits per heavy atom. The third-order valence-corrected chi connectivity index (χ3v) is 6.95. The Balaban J connectivity index is 1.45. The highest BCUT2D eigenvalue weighted by molar-refractivity contribution is 14.1. The molecule has 0 spiro atoms. The van der Waals surface area contributed by atoms with Crippen LogP contribution >= 0.6 is 22.6 Å². The topological polar surface area (TPSA) is 117 Å². The summed E-state index contributed by atoms with van der Waals surface area (Å²) in [6.45, 7) is 0.217. The van der Waals surface area contributed by atoms with Gasteiger partial charge in [-0.05, 0) is 46.9 Å². The first-order valence-electron chi connectivity index (χ1n) is 11.6. The molecule has 1 aliphatic heterocycles. The van der Waals surface area contributed by atoms with Crippen molar-refractivity contribution in [1.29, 1.82) is 0 Å². The molecule has 0 aliphatic carbocycles. The molecule has 4 N–H and O–H groups in total. The van der Waals surface area contributed by atoms with E-state index in [0.29, 0.717) is 15.0 Å². The molecule has 1 fully saturated rings. The lowest BCUT2D eigenvalue weighted by atomic mass is 9.96. The molecule has 3 aromatic rings. The first-order valence-corrected chi connectivity index (χ1v) is 12.7. The standard InChI is InChI=1S/C25H23F4IN6O3/c1-31-15-7-14(9-32-10-15)22(37)36-24(5-6-39-13-24)23(38)34-12-20-19(30)8-16(11-33-20)35-21-17(25(27,28)29)3-2-4-18(21)26/h2-4,7-11,31,35H,5-6,12-13H2,1H3,(H,34,38)(H,36,37)/t24-/m0/s1. The molecule has 1 aromatic carbocycles. The lowest BCUT2D eigenvalue weighted by molar-refractivity contribution is -0.137. The van der Waals surface area contributed by atoms with Crippen molar-refractivity contribution >= 4 is 51.5 Å². The Bertz CT molecular complexity index is 1380. The fourth-order valence-corrected chi connectivity index (χ4v) is 4.58. The number of amides is 2. The number of halogens is 5. The molecule has 3 heterocycles. The number of carbonyl (C=O) groups excluding carboxylic acids is 2. The largest absolute Gasteiger partial charge is 0.418 e. The maximum atomic E-state index is 14.2. The minimum Gasteiger partial charge on any atom is -0.387 e. The van der Waals surface area contributed by atoms with Gasteiger partial charge in [0.1, 0.15) is 11.4 Å². The molecule has 0 unspecified atom stereocenters. The maximum absolute atomic E-state index is 14.2. The van der Waals surface area contributed by atoms with Crippen molar-refractivity contribution in [3.05, 3.63) is 75.1 Å². The zero-order valence-electron chi connectivity index (χ0n) is 20.5. The van der Waals surface area contributed by atoms with Crippen LogP contribution in [0, 0.1) is 9.39 Å². The Morgan fingerprint density at radius 2 is 1.95 bits per heavy atom. The number of carbonyl (C=O) groups is 2. The van der Waals surface area contributed by atoms with Gasteiger partial charge in [0.2, 0.25) is 5.91 Å². The monoisotopic (exact) mass is 658 g/mol. The third kappa shape index (κ3) is 6.55. The molecule has 0 saturated carbocycles. The average molecular weight is 658 g/mol. The Morgan fingerprint density at radius 1 is 1.15 bits per heavy atom. The summed E-state index contributed by atoms with van der Waals surface area (Å²) in [7, 11) is 1.69. The van der Waals surface area contributed by atoms with E-state index in [2.05, 4.69) is 31.2 Å². The molecule has 1 aliphatic rings. The van der Waals surface area contributed by atoms with Crippen LogP contribution < -0.4 is 21.3 Å². The summed E-state index contributed by atoms with van der Waals surface area (Å²) in [6, 6.07) is 5.78. The van der Waals surface area contributed by atoms with Crippen LogP contribution in [-0.2, 0) is 22.3 Å². The van der Waals surface area contributed by atoms with Gasteiger partial charge in [0.15, 0.2) is 0 Å². The summed E-state index contributed by atoms with van der Waals surface area (Å²) in [5.74, 6) is -2.03. The molecule has 4 rings (SSSR count). The van der Waals surface area contributed by atoms with E-state index >= 15 is 0 Å². The summed E-state index contributed by atoms with van der Waals surface area (Å²) in [5, 5.41) is 10.9. The van der Waals surface area contributed by atoms with Gasteiger partial charge in [-0.25, -0.2) is 4.39 Å². The number of hydrogen-bond donors (Lipinski definition) is 4. The molecule has 1 saturated heterocycles. The fourth-order valence-electron chi connectivity index (χ4n) is 3.92. The first kappa shape index (κ1) is 28.5. The quantitative estimate of drug-likeness (QED) is 0.212. The van der Waals surface area contributed by atoms with Gasteiger partial charge in [0, 0.05) is 36.0 Å². The number of alkyl halides is 3. The van der Waals surface area contributed by atoms with Gasteiger partial charge in [-0.2, -0.15) is 13.2 Å². The summed E-state index contributed by atoms with van der Waals surface area (Å²) >= 11 is 1.92. The molecule has 9 nitrogen and oxygen atoms in total. The minimum atomic E-state index is -4.75. The third-order valence-electron chi connectivity index (χ3n) is 6.02. The number of aromatic nitrogens is 2. The fraction of sp³-hybridized carbons (Fsp3) is 0.280. The van der Waals surface area contributed by atoms with Crippen molar-refractivity contribution in [1.82, 2.24) is 20.6 Å².